The van der Waals surface area contributed by atoms with Crippen LogP contribution < -0.4 is 9.46 Å². The maximum absolute atomic E-state index is 13.0. The third-order valence-electron chi connectivity index (χ3n) is 6.14. The second-order valence-electron chi connectivity index (χ2n) is 8.34. The van der Waals surface area contributed by atoms with Crippen LogP contribution in [0.4, 0.5) is 0 Å². The Morgan fingerprint density at radius 3 is 2.68 bits per heavy atom. The molecule has 0 saturated carbocycles. The fraction of sp³-hybridized carbons (Fsp3) is 0.273. The van der Waals surface area contributed by atoms with Crippen LogP contribution in [-0.4, -0.2) is 74.9 Å². The Labute approximate surface area is 210 Å². The summed E-state index contributed by atoms with van der Waals surface area (Å²) in [6.45, 7) is 0.275. The molecule has 15 heteroatoms. The number of hydrogen-bond donors (Lipinski definition) is 1. The van der Waals surface area contributed by atoms with Crippen LogP contribution in [0, 0.1) is 11.3 Å². The largest absolute Gasteiger partial charge is 0.423 e. The molecule has 2 fully saturated rings. The summed E-state index contributed by atoms with van der Waals surface area (Å²) in [6, 6.07) is 14.1. The molecule has 0 bridgehead atoms. The van der Waals surface area contributed by atoms with E-state index in [4.69, 9.17) is 14.2 Å². The maximum Gasteiger partial charge on any atom is 0.341 e. The quantitative estimate of drug-likeness (QED) is 0.361. The van der Waals surface area contributed by atoms with Gasteiger partial charge in [0.2, 0.25) is 10.0 Å². The Balaban J connectivity index is 1.16. The first-order chi connectivity index (χ1) is 18.0. The fourth-order valence-corrected chi connectivity index (χ4v) is 5.81. The smallest absolute Gasteiger partial charge is 0.341 e. The molecular weight excluding hydrogens is 502 g/mol. The lowest BCUT2D eigenvalue weighted by Crippen LogP contribution is -2.44. The lowest BCUT2D eigenvalue weighted by atomic mass is 10.1. The average Bonchev–Trinajstić information content (AvgIpc) is 3.71. The van der Waals surface area contributed by atoms with Gasteiger partial charge in [-0.1, -0.05) is 17.2 Å². The summed E-state index contributed by atoms with van der Waals surface area (Å²) in [6.07, 6.45) is 1.94. The molecule has 2 aromatic heterocycles. The summed E-state index contributed by atoms with van der Waals surface area (Å²) in [7, 11) is -3.98. The van der Waals surface area contributed by atoms with Gasteiger partial charge in [-0.05, 0) is 46.8 Å². The number of fused-ring (bicyclic) bond motifs is 1. The van der Waals surface area contributed by atoms with E-state index < -0.39 is 34.3 Å². The standard InChI is InChI=1S/C22H19N9O5S/c23-9-14-3-1-2-4-19(14)37(32,33)27-17-10-34-21-18(11-35-20(17)21)31-22(26-28-29-31)36-16-7-5-15(6-8-16)30-13-24-12-25-30/h1-8,12-13,17-18,20-21,27H,10-11H2/t17-,18-,20+,21+/m0/s1. The van der Waals surface area contributed by atoms with Crippen molar-refractivity contribution >= 4 is 10.0 Å². The predicted molar refractivity (Wildman–Crippen MR) is 123 cm³/mol. The normalized spacial score (nSPS) is 23.0. The highest BCUT2D eigenvalue weighted by atomic mass is 32.2. The van der Waals surface area contributed by atoms with Gasteiger partial charge >= 0.3 is 6.01 Å². The van der Waals surface area contributed by atoms with E-state index in [9.17, 15) is 13.7 Å². The van der Waals surface area contributed by atoms with Gasteiger partial charge in [0.15, 0.2) is 0 Å². The second-order valence-corrected chi connectivity index (χ2v) is 10.0. The molecule has 0 unspecified atom stereocenters. The third kappa shape index (κ3) is 4.32. The van der Waals surface area contributed by atoms with Gasteiger partial charge in [-0.25, -0.2) is 22.8 Å². The van der Waals surface area contributed by atoms with Crippen molar-refractivity contribution < 1.29 is 22.6 Å². The Morgan fingerprint density at radius 1 is 1.08 bits per heavy atom. The van der Waals surface area contributed by atoms with Crippen molar-refractivity contribution in [1.29, 1.82) is 5.26 Å². The minimum absolute atomic E-state index is 0.0560. The molecule has 37 heavy (non-hydrogen) atoms. The van der Waals surface area contributed by atoms with Gasteiger partial charge in [-0.3, -0.25) is 0 Å². The predicted octanol–water partition coefficient (Wildman–Crippen LogP) is 0.604. The summed E-state index contributed by atoms with van der Waals surface area (Å²) < 4.78 is 49.4. The zero-order valence-corrected chi connectivity index (χ0v) is 19.8. The third-order valence-corrected chi connectivity index (χ3v) is 7.68. The first kappa shape index (κ1) is 23.2. The number of hydrogen-bond acceptors (Lipinski definition) is 11. The number of tetrazole rings is 1. The molecule has 0 radical (unpaired) electrons. The van der Waals surface area contributed by atoms with Crippen LogP contribution >= 0.6 is 0 Å². The van der Waals surface area contributed by atoms with Crippen molar-refractivity contribution in [3.05, 3.63) is 66.7 Å². The van der Waals surface area contributed by atoms with Crippen molar-refractivity contribution in [2.24, 2.45) is 0 Å². The molecule has 6 rings (SSSR count). The number of ether oxygens (including phenoxy) is 3. The second kappa shape index (κ2) is 9.33. The molecule has 2 saturated heterocycles. The van der Waals surface area contributed by atoms with Gasteiger partial charge in [0.25, 0.3) is 0 Å². The van der Waals surface area contributed by atoms with E-state index in [1.807, 2.05) is 18.2 Å². The van der Waals surface area contributed by atoms with Gasteiger partial charge in [0.1, 0.15) is 42.7 Å². The van der Waals surface area contributed by atoms with Gasteiger partial charge in [0.05, 0.1) is 35.4 Å². The molecule has 0 amide bonds. The molecule has 4 atom stereocenters. The van der Waals surface area contributed by atoms with E-state index in [1.165, 1.54) is 23.1 Å². The van der Waals surface area contributed by atoms with E-state index in [0.29, 0.717) is 5.75 Å². The van der Waals surface area contributed by atoms with Crippen molar-refractivity contribution in [3.8, 4) is 23.5 Å². The van der Waals surface area contributed by atoms with E-state index in [0.717, 1.165) is 5.69 Å². The van der Waals surface area contributed by atoms with Crippen LogP contribution in [-0.2, 0) is 19.5 Å². The number of benzene rings is 2. The number of nitrogens with one attached hydrogen (secondary N) is 1. The van der Waals surface area contributed by atoms with Crippen LogP contribution in [0.3, 0.4) is 0 Å². The van der Waals surface area contributed by atoms with E-state index in [1.54, 1.807) is 35.3 Å². The van der Waals surface area contributed by atoms with Crippen molar-refractivity contribution in [2.45, 2.75) is 29.2 Å². The Kier molecular flexibility index (Phi) is 5.85. The van der Waals surface area contributed by atoms with Gasteiger partial charge < -0.3 is 14.2 Å². The summed E-state index contributed by atoms with van der Waals surface area (Å²) in [5.74, 6) is 0.504. The lowest BCUT2D eigenvalue weighted by molar-refractivity contribution is 0.0615. The average molecular weight is 522 g/mol. The number of nitriles is 1. The van der Waals surface area contributed by atoms with Crippen molar-refractivity contribution in [3.63, 3.8) is 0 Å². The highest BCUT2D eigenvalue weighted by molar-refractivity contribution is 7.89. The summed E-state index contributed by atoms with van der Waals surface area (Å²) in [5.41, 5.74) is 0.863. The molecule has 14 nitrogen and oxygen atoms in total. The van der Waals surface area contributed by atoms with Crippen LogP contribution in [0.2, 0.25) is 0 Å². The molecule has 0 aliphatic carbocycles. The van der Waals surface area contributed by atoms with E-state index >= 15 is 0 Å². The maximum atomic E-state index is 13.0. The number of nitrogens with zero attached hydrogens (tertiary/aromatic N) is 8. The Hall–Kier alpha value is -4.23. The number of rotatable bonds is 7. The zero-order chi connectivity index (χ0) is 25.4. The molecule has 4 aromatic rings. The van der Waals surface area contributed by atoms with Crippen LogP contribution in [0.5, 0.6) is 11.8 Å². The van der Waals surface area contributed by atoms with Gasteiger partial charge in [0, 0.05) is 0 Å². The SMILES string of the molecule is N#Cc1ccccc1S(=O)(=O)N[C@H]1CO[C@H]2[C@@H]1OC[C@@H]2n1nnnc1Oc1ccc(-n2cncn2)cc1. The first-order valence-corrected chi connectivity index (χ1v) is 12.7. The summed E-state index contributed by atoms with van der Waals surface area (Å²) in [4.78, 5) is 3.83. The minimum atomic E-state index is -3.98. The van der Waals surface area contributed by atoms with Crippen LogP contribution in [0.15, 0.2) is 66.1 Å². The fourth-order valence-electron chi connectivity index (χ4n) is 4.42. The van der Waals surface area contributed by atoms with E-state index in [-0.39, 0.29) is 29.7 Å². The molecule has 2 aliphatic rings. The topological polar surface area (TPSA) is 172 Å². The molecule has 188 valence electrons. The molecule has 0 spiro atoms. The Morgan fingerprint density at radius 2 is 1.89 bits per heavy atom. The van der Waals surface area contributed by atoms with Gasteiger partial charge in [-0.15, -0.1) is 0 Å². The summed E-state index contributed by atoms with van der Waals surface area (Å²) >= 11 is 0. The van der Waals surface area contributed by atoms with Gasteiger partial charge in [-0.2, -0.15) is 15.0 Å². The van der Waals surface area contributed by atoms with E-state index in [2.05, 4.69) is 30.3 Å². The molecule has 4 heterocycles. The Bertz CT molecular complexity index is 1550. The minimum Gasteiger partial charge on any atom is -0.423 e. The molecule has 2 aliphatic heterocycles. The van der Waals surface area contributed by atoms with Crippen molar-refractivity contribution in [1.82, 2.24) is 39.7 Å². The van der Waals surface area contributed by atoms with Crippen LogP contribution in [0.25, 0.3) is 5.69 Å². The molecule has 1 N–H and O–H groups in total. The summed E-state index contributed by atoms with van der Waals surface area (Å²) in [5, 5.41) is 25.1. The van der Waals surface area contributed by atoms with Crippen LogP contribution in [0.1, 0.15) is 11.6 Å². The zero-order valence-electron chi connectivity index (χ0n) is 19.0. The number of sulfonamides is 1. The number of aromatic nitrogens is 7. The molecular formula is C22H19N9O5S. The molecule has 2 aromatic carbocycles. The lowest BCUT2D eigenvalue weighted by Gasteiger charge is -2.18. The highest BCUT2D eigenvalue weighted by Crippen LogP contribution is 2.36. The highest BCUT2D eigenvalue weighted by Gasteiger charge is 2.51. The van der Waals surface area contributed by atoms with Crippen molar-refractivity contribution in [2.75, 3.05) is 13.2 Å². The first-order valence-electron chi connectivity index (χ1n) is 11.2. The monoisotopic (exact) mass is 521 g/mol.